The Kier molecular flexibility index (Phi) is 3.61. The van der Waals surface area contributed by atoms with Crippen molar-refractivity contribution >= 4 is 11.3 Å². The third kappa shape index (κ3) is 2.25. The van der Waals surface area contributed by atoms with Gasteiger partial charge < -0.3 is 15.2 Å². The van der Waals surface area contributed by atoms with Crippen LogP contribution in [0.15, 0.2) is 23.7 Å². The Balaban J connectivity index is 2.51. The van der Waals surface area contributed by atoms with Gasteiger partial charge in [-0.15, -0.1) is 11.3 Å². The summed E-state index contributed by atoms with van der Waals surface area (Å²) in [5, 5.41) is 0. The number of aromatic nitrogens is 1. The first-order chi connectivity index (χ1) is 8.30. The normalized spacial score (nSPS) is 10.3. The minimum Gasteiger partial charge on any atom is -0.497 e. The fourth-order valence-corrected chi connectivity index (χ4v) is 2.47. The summed E-state index contributed by atoms with van der Waals surface area (Å²) in [6.45, 7) is 0.425. The Hall–Kier alpha value is -1.59. The second kappa shape index (κ2) is 5.16. The minimum absolute atomic E-state index is 0.425. The lowest BCUT2D eigenvalue weighted by molar-refractivity contribution is 0.395. The average Bonchev–Trinajstić information content (AvgIpc) is 2.85. The second-order valence-electron chi connectivity index (χ2n) is 3.40. The molecular formula is C12H14N2O2S. The molecule has 0 spiro atoms. The van der Waals surface area contributed by atoms with Gasteiger partial charge in [-0.3, -0.25) is 0 Å². The van der Waals surface area contributed by atoms with Crippen molar-refractivity contribution in [1.82, 2.24) is 4.98 Å². The van der Waals surface area contributed by atoms with Crippen LogP contribution in [0.5, 0.6) is 11.5 Å². The maximum absolute atomic E-state index is 5.66. The molecule has 0 fully saturated rings. The summed E-state index contributed by atoms with van der Waals surface area (Å²) in [5.74, 6) is 1.53. The molecule has 1 heterocycles. The molecule has 5 heteroatoms. The lowest BCUT2D eigenvalue weighted by Crippen LogP contribution is -1.98. The molecule has 17 heavy (non-hydrogen) atoms. The highest BCUT2D eigenvalue weighted by Crippen LogP contribution is 2.37. The zero-order chi connectivity index (χ0) is 12.3. The third-order valence-corrected chi connectivity index (χ3v) is 3.39. The lowest BCUT2D eigenvalue weighted by Gasteiger charge is -2.09. The number of hydrogen-bond acceptors (Lipinski definition) is 5. The first kappa shape index (κ1) is 11.9. The van der Waals surface area contributed by atoms with E-state index in [1.54, 1.807) is 31.1 Å². The molecule has 2 rings (SSSR count). The molecule has 0 atom stereocenters. The molecule has 0 aliphatic rings. The molecule has 2 aromatic rings. The minimum atomic E-state index is 0.425. The van der Waals surface area contributed by atoms with E-state index < -0.39 is 0 Å². The zero-order valence-electron chi connectivity index (χ0n) is 9.77. The van der Waals surface area contributed by atoms with Crippen LogP contribution in [0.4, 0.5) is 0 Å². The first-order valence-electron chi connectivity index (χ1n) is 5.15. The molecule has 0 radical (unpaired) electrons. The zero-order valence-corrected chi connectivity index (χ0v) is 10.6. The molecule has 90 valence electrons. The summed E-state index contributed by atoms with van der Waals surface area (Å²) in [6.07, 6.45) is 0. The number of thiazole rings is 1. The quantitative estimate of drug-likeness (QED) is 0.904. The number of rotatable bonds is 4. The molecule has 0 saturated heterocycles. The van der Waals surface area contributed by atoms with Crippen molar-refractivity contribution in [2.24, 2.45) is 5.73 Å². The maximum atomic E-state index is 5.66. The van der Waals surface area contributed by atoms with E-state index >= 15 is 0 Å². The highest BCUT2D eigenvalue weighted by molar-refractivity contribution is 7.13. The van der Waals surface area contributed by atoms with Crippen LogP contribution in [0.3, 0.4) is 0 Å². The Morgan fingerprint density at radius 1 is 1.29 bits per heavy atom. The van der Waals surface area contributed by atoms with Crippen LogP contribution in [-0.2, 0) is 6.54 Å². The predicted molar refractivity (Wildman–Crippen MR) is 68.5 cm³/mol. The molecule has 0 saturated carbocycles. The second-order valence-corrected chi connectivity index (χ2v) is 4.25. The molecule has 1 aromatic heterocycles. The van der Waals surface area contributed by atoms with Crippen LogP contribution in [0, 0.1) is 0 Å². The molecule has 1 aromatic carbocycles. The monoisotopic (exact) mass is 250 g/mol. The molecule has 0 aliphatic heterocycles. The van der Waals surface area contributed by atoms with Crippen molar-refractivity contribution in [3.05, 3.63) is 29.4 Å². The van der Waals surface area contributed by atoms with E-state index in [9.17, 15) is 0 Å². The maximum Gasteiger partial charge on any atom is 0.131 e. The van der Waals surface area contributed by atoms with Crippen molar-refractivity contribution < 1.29 is 9.47 Å². The largest absolute Gasteiger partial charge is 0.497 e. The van der Waals surface area contributed by atoms with Gasteiger partial charge in [-0.25, -0.2) is 4.98 Å². The van der Waals surface area contributed by atoms with Gasteiger partial charge in [0.25, 0.3) is 0 Å². The number of benzene rings is 1. The van der Waals surface area contributed by atoms with Crippen molar-refractivity contribution in [3.63, 3.8) is 0 Å². The molecule has 0 amide bonds. The number of nitrogens with zero attached hydrogens (tertiary/aromatic N) is 1. The van der Waals surface area contributed by atoms with E-state index in [1.165, 1.54) is 0 Å². The Labute approximate surface area is 104 Å². The van der Waals surface area contributed by atoms with Crippen molar-refractivity contribution in [3.8, 4) is 21.9 Å². The lowest BCUT2D eigenvalue weighted by atomic mass is 10.1. The number of hydrogen-bond donors (Lipinski definition) is 1. The molecule has 0 unspecified atom stereocenters. The summed E-state index contributed by atoms with van der Waals surface area (Å²) in [6, 6.07) is 5.72. The van der Waals surface area contributed by atoms with Gasteiger partial charge in [0.15, 0.2) is 0 Å². The number of methoxy groups -OCH3 is 2. The van der Waals surface area contributed by atoms with Gasteiger partial charge in [-0.05, 0) is 12.1 Å². The van der Waals surface area contributed by atoms with Crippen LogP contribution in [0.1, 0.15) is 5.69 Å². The van der Waals surface area contributed by atoms with Gasteiger partial charge in [0.05, 0.1) is 30.3 Å². The molecule has 0 aliphatic carbocycles. The van der Waals surface area contributed by atoms with Crippen LogP contribution >= 0.6 is 11.3 Å². The fraction of sp³-hybridized carbons (Fsp3) is 0.250. The van der Waals surface area contributed by atoms with E-state index in [0.717, 1.165) is 27.6 Å². The number of nitrogens with two attached hydrogens (primary N) is 1. The first-order valence-corrected chi connectivity index (χ1v) is 6.03. The van der Waals surface area contributed by atoms with Gasteiger partial charge in [-0.2, -0.15) is 0 Å². The summed E-state index contributed by atoms with van der Waals surface area (Å²) in [4.78, 5) is 5.28. The molecule has 2 N–H and O–H groups in total. The molecular weight excluding hydrogens is 236 g/mol. The summed E-state index contributed by atoms with van der Waals surface area (Å²) < 4.78 is 10.5. The Morgan fingerprint density at radius 2 is 2.12 bits per heavy atom. The standard InChI is InChI=1S/C12H14N2O2S/c1-15-8-3-4-9(11(5-8)16-2)12-10(6-13)14-7-17-12/h3-5,7H,6,13H2,1-2H3. The van der Waals surface area contributed by atoms with Crippen molar-refractivity contribution in [2.45, 2.75) is 6.54 Å². The summed E-state index contributed by atoms with van der Waals surface area (Å²) in [7, 11) is 3.27. The van der Waals surface area contributed by atoms with Crippen LogP contribution in [0.25, 0.3) is 10.4 Å². The van der Waals surface area contributed by atoms with E-state index in [-0.39, 0.29) is 0 Å². The summed E-state index contributed by atoms with van der Waals surface area (Å²) >= 11 is 1.56. The van der Waals surface area contributed by atoms with Crippen molar-refractivity contribution in [2.75, 3.05) is 14.2 Å². The number of ether oxygens (including phenoxy) is 2. The average molecular weight is 250 g/mol. The fourth-order valence-electron chi connectivity index (χ4n) is 1.62. The van der Waals surface area contributed by atoms with E-state index in [2.05, 4.69) is 4.98 Å². The van der Waals surface area contributed by atoms with Crippen LogP contribution in [-0.4, -0.2) is 19.2 Å². The van der Waals surface area contributed by atoms with Gasteiger partial charge in [-0.1, -0.05) is 0 Å². The van der Waals surface area contributed by atoms with Crippen LogP contribution < -0.4 is 15.2 Å². The molecule has 0 bridgehead atoms. The van der Waals surface area contributed by atoms with E-state index in [1.807, 2.05) is 18.2 Å². The predicted octanol–water partition coefficient (Wildman–Crippen LogP) is 2.29. The van der Waals surface area contributed by atoms with Crippen LogP contribution in [0.2, 0.25) is 0 Å². The summed E-state index contributed by atoms with van der Waals surface area (Å²) in [5.41, 5.74) is 9.34. The van der Waals surface area contributed by atoms with Gasteiger partial charge in [0, 0.05) is 18.2 Å². The van der Waals surface area contributed by atoms with Gasteiger partial charge in [0.2, 0.25) is 0 Å². The molecule has 4 nitrogen and oxygen atoms in total. The Bertz CT molecular complexity index is 511. The highest BCUT2D eigenvalue weighted by atomic mass is 32.1. The van der Waals surface area contributed by atoms with Gasteiger partial charge in [0.1, 0.15) is 11.5 Å². The third-order valence-electron chi connectivity index (χ3n) is 2.49. The van der Waals surface area contributed by atoms with E-state index in [0.29, 0.717) is 6.54 Å². The van der Waals surface area contributed by atoms with Gasteiger partial charge >= 0.3 is 0 Å². The smallest absolute Gasteiger partial charge is 0.131 e. The SMILES string of the molecule is COc1ccc(-c2scnc2CN)c(OC)c1. The topological polar surface area (TPSA) is 57.4 Å². The van der Waals surface area contributed by atoms with E-state index in [4.69, 9.17) is 15.2 Å². The highest BCUT2D eigenvalue weighted by Gasteiger charge is 2.13. The Morgan fingerprint density at radius 3 is 2.76 bits per heavy atom. The van der Waals surface area contributed by atoms with Crippen molar-refractivity contribution in [1.29, 1.82) is 0 Å².